The van der Waals surface area contributed by atoms with Gasteiger partial charge in [0.1, 0.15) is 5.75 Å². The maximum Gasteiger partial charge on any atom is 0.311 e. The molecule has 0 aliphatic heterocycles. The van der Waals surface area contributed by atoms with Crippen molar-refractivity contribution in [1.29, 1.82) is 0 Å². The van der Waals surface area contributed by atoms with Gasteiger partial charge in [-0.05, 0) is 40.0 Å². The molecule has 0 saturated heterocycles. The van der Waals surface area contributed by atoms with E-state index in [0.717, 1.165) is 15.8 Å². The molecule has 0 spiro atoms. The van der Waals surface area contributed by atoms with Crippen molar-refractivity contribution in [3.63, 3.8) is 0 Å². The van der Waals surface area contributed by atoms with Crippen LogP contribution in [0.5, 0.6) is 5.75 Å². The number of carbonyl (C=O) groups excluding carboxylic acids is 2. The SMILES string of the molecule is COc1ccc(CCN(C)C(=O)C(N)=O)cc1Br. The molecule has 0 saturated carbocycles. The zero-order chi connectivity index (χ0) is 13.7. The lowest BCUT2D eigenvalue weighted by Crippen LogP contribution is -2.38. The molecule has 0 bridgehead atoms. The average molecular weight is 315 g/mol. The summed E-state index contributed by atoms with van der Waals surface area (Å²) in [4.78, 5) is 23.3. The molecule has 1 aromatic carbocycles. The Labute approximate surface area is 114 Å². The van der Waals surface area contributed by atoms with E-state index >= 15 is 0 Å². The van der Waals surface area contributed by atoms with Gasteiger partial charge in [-0.25, -0.2) is 0 Å². The van der Waals surface area contributed by atoms with Crippen molar-refractivity contribution >= 4 is 27.7 Å². The number of likely N-dealkylation sites (N-methyl/N-ethyl adjacent to an activating group) is 1. The van der Waals surface area contributed by atoms with Crippen molar-refractivity contribution in [3.05, 3.63) is 28.2 Å². The monoisotopic (exact) mass is 314 g/mol. The number of benzene rings is 1. The smallest absolute Gasteiger partial charge is 0.311 e. The van der Waals surface area contributed by atoms with E-state index in [9.17, 15) is 9.59 Å². The topological polar surface area (TPSA) is 72.6 Å². The summed E-state index contributed by atoms with van der Waals surface area (Å²) in [5, 5.41) is 0. The molecule has 0 heterocycles. The number of hydrogen-bond donors (Lipinski definition) is 1. The lowest BCUT2D eigenvalue weighted by molar-refractivity contribution is -0.143. The summed E-state index contributed by atoms with van der Waals surface area (Å²) in [6, 6.07) is 5.67. The molecule has 0 radical (unpaired) electrons. The van der Waals surface area contributed by atoms with Gasteiger partial charge in [0.05, 0.1) is 11.6 Å². The maximum absolute atomic E-state index is 11.3. The van der Waals surface area contributed by atoms with E-state index in [4.69, 9.17) is 10.5 Å². The van der Waals surface area contributed by atoms with Crippen LogP contribution in [-0.4, -0.2) is 37.4 Å². The summed E-state index contributed by atoms with van der Waals surface area (Å²) < 4.78 is 5.98. The number of carbonyl (C=O) groups is 2. The van der Waals surface area contributed by atoms with Gasteiger partial charge < -0.3 is 15.4 Å². The summed E-state index contributed by atoms with van der Waals surface area (Å²) in [7, 11) is 3.14. The number of ether oxygens (including phenoxy) is 1. The second kappa shape index (κ2) is 6.39. The first-order valence-electron chi connectivity index (χ1n) is 5.33. The summed E-state index contributed by atoms with van der Waals surface area (Å²) in [6.07, 6.45) is 0.637. The van der Waals surface area contributed by atoms with Gasteiger partial charge in [-0.3, -0.25) is 9.59 Å². The van der Waals surface area contributed by atoms with Crippen molar-refractivity contribution in [1.82, 2.24) is 4.90 Å². The zero-order valence-corrected chi connectivity index (χ0v) is 11.9. The average Bonchev–Trinajstić information content (AvgIpc) is 2.35. The van der Waals surface area contributed by atoms with Gasteiger partial charge in [-0.15, -0.1) is 0 Å². The van der Waals surface area contributed by atoms with Crippen molar-refractivity contribution in [2.75, 3.05) is 20.7 Å². The Kier molecular flexibility index (Phi) is 5.15. The van der Waals surface area contributed by atoms with Gasteiger partial charge in [-0.2, -0.15) is 0 Å². The van der Waals surface area contributed by atoms with Crippen LogP contribution < -0.4 is 10.5 Å². The molecule has 2 N–H and O–H groups in total. The second-order valence-electron chi connectivity index (χ2n) is 3.81. The number of nitrogens with zero attached hydrogens (tertiary/aromatic N) is 1. The van der Waals surface area contributed by atoms with Gasteiger partial charge in [0, 0.05) is 13.6 Å². The minimum absolute atomic E-state index is 0.431. The molecule has 0 unspecified atom stereocenters. The summed E-state index contributed by atoms with van der Waals surface area (Å²) >= 11 is 3.39. The molecule has 2 amide bonds. The van der Waals surface area contributed by atoms with E-state index in [1.165, 1.54) is 4.90 Å². The molecular weight excluding hydrogens is 300 g/mol. The van der Waals surface area contributed by atoms with E-state index in [0.29, 0.717) is 13.0 Å². The van der Waals surface area contributed by atoms with Crippen LogP contribution in [0, 0.1) is 0 Å². The Morgan fingerprint density at radius 3 is 2.61 bits per heavy atom. The fourth-order valence-electron chi connectivity index (χ4n) is 1.45. The number of primary amides is 1. The lowest BCUT2D eigenvalue weighted by atomic mass is 10.1. The first-order valence-corrected chi connectivity index (χ1v) is 6.12. The predicted molar refractivity (Wildman–Crippen MR) is 71.2 cm³/mol. The normalized spacial score (nSPS) is 9.94. The van der Waals surface area contributed by atoms with E-state index in [1.807, 2.05) is 18.2 Å². The Bertz CT molecular complexity index is 463. The molecule has 0 fully saturated rings. The Morgan fingerprint density at radius 1 is 1.44 bits per heavy atom. The molecule has 0 aliphatic rings. The molecule has 5 nitrogen and oxygen atoms in total. The molecule has 0 aliphatic carbocycles. The van der Waals surface area contributed by atoms with E-state index in [2.05, 4.69) is 15.9 Å². The minimum Gasteiger partial charge on any atom is -0.496 e. The molecule has 0 atom stereocenters. The van der Waals surface area contributed by atoms with Gasteiger partial charge >= 0.3 is 11.8 Å². The second-order valence-corrected chi connectivity index (χ2v) is 4.66. The van der Waals surface area contributed by atoms with Crippen molar-refractivity contribution in [2.45, 2.75) is 6.42 Å². The molecule has 1 rings (SSSR count). The van der Waals surface area contributed by atoms with Crippen LogP contribution in [0.15, 0.2) is 22.7 Å². The van der Waals surface area contributed by atoms with Crippen molar-refractivity contribution in [2.24, 2.45) is 5.73 Å². The van der Waals surface area contributed by atoms with Crippen LogP contribution in [0.4, 0.5) is 0 Å². The predicted octanol–water partition coefficient (Wildman–Crippen LogP) is 0.944. The van der Waals surface area contributed by atoms with Crippen LogP contribution in [0.1, 0.15) is 5.56 Å². The Morgan fingerprint density at radius 2 is 2.11 bits per heavy atom. The number of amides is 2. The summed E-state index contributed by atoms with van der Waals surface area (Å²) in [6.45, 7) is 0.431. The highest BCUT2D eigenvalue weighted by atomic mass is 79.9. The number of halogens is 1. The van der Waals surface area contributed by atoms with Gasteiger partial charge in [-0.1, -0.05) is 6.07 Å². The first kappa shape index (κ1) is 14.5. The van der Waals surface area contributed by atoms with E-state index in [-0.39, 0.29) is 0 Å². The van der Waals surface area contributed by atoms with E-state index < -0.39 is 11.8 Å². The van der Waals surface area contributed by atoms with Crippen molar-refractivity contribution in [3.8, 4) is 5.75 Å². The third-order valence-electron chi connectivity index (χ3n) is 2.51. The molecular formula is C12H15BrN2O3. The van der Waals surface area contributed by atoms with Crippen LogP contribution in [0.3, 0.4) is 0 Å². The van der Waals surface area contributed by atoms with Crippen LogP contribution in [-0.2, 0) is 16.0 Å². The highest BCUT2D eigenvalue weighted by molar-refractivity contribution is 9.10. The number of hydrogen-bond acceptors (Lipinski definition) is 3. The minimum atomic E-state index is -0.937. The van der Waals surface area contributed by atoms with E-state index in [1.54, 1.807) is 14.2 Å². The fraction of sp³-hybridized carbons (Fsp3) is 0.333. The van der Waals surface area contributed by atoms with Gasteiger partial charge in [0.25, 0.3) is 0 Å². The summed E-state index contributed by atoms with van der Waals surface area (Å²) in [5.41, 5.74) is 5.95. The van der Waals surface area contributed by atoms with Gasteiger partial charge in [0.15, 0.2) is 0 Å². The largest absolute Gasteiger partial charge is 0.496 e. The highest BCUT2D eigenvalue weighted by Crippen LogP contribution is 2.25. The number of nitrogens with two attached hydrogens (primary N) is 1. The quantitative estimate of drug-likeness (QED) is 0.841. The molecule has 6 heteroatoms. The Hall–Kier alpha value is -1.56. The molecule has 18 heavy (non-hydrogen) atoms. The fourth-order valence-corrected chi connectivity index (χ4v) is 2.04. The van der Waals surface area contributed by atoms with Crippen LogP contribution in [0.2, 0.25) is 0 Å². The van der Waals surface area contributed by atoms with Crippen LogP contribution >= 0.6 is 15.9 Å². The third kappa shape index (κ3) is 3.73. The zero-order valence-electron chi connectivity index (χ0n) is 10.3. The Balaban J connectivity index is 2.61. The maximum atomic E-state index is 11.3. The van der Waals surface area contributed by atoms with Crippen LogP contribution in [0.25, 0.3) is 0 Å². The highest BCUT2D eigenvalue weighted by Gasteiger charge is 2.14. The third-order valence-corrected chi connectivity index (χ3v) is 3.13. The first-order chi connectivity index (χ1) is 8.45. The number of rotatable bonds is 4. The number of methoxy groups -OCH3 is 1. The molecule has 1 aromatic rings. The standard InChI is InChI=1S/C12H15BrN2O3/c1-15(12(17)11(14)16)6-5-8-3-4-10(18-2)9(13)7-8/h3-4,7H,5-6H2,1-2H3,(H2,14,16). The van der Waals surface area contributed by atoms with Gasteiger partial charge in [0.2, 0.25) is 0 Å². The van der Waals surface area contributed by atoms with Crippen molar-refractivity contribution < 1.29 is 14.3 Å². The molecule has 98 valence electrons. The molecule has 0 aromatic heterocycles. The lowest BCUT2D eigenvalue weighted by Gasteiger charge is -2.15. The summed E-state index contributed by atoms with van der Waals surface area (Å²) in [5.74, 6) is -0.865.